The fourth-order valence-corrected chi connectivity index (χ4v) is 0. The average Bonchev–Trinajstić information content (AvgIpc) is 1.50. The van der Waals surface area contributed by atoms with Crippen molar-refractivity contribution in [3.63, 3.8) is 0 Å². The molecular weight excluding hydrogens is 174 g/mol. The molecule has 0 aliphatic rings. The molecular formula is C10H22F2O. The van der Waals surface area contributed by atoms with Gasteiger partial charge in [-0.1, -0.05) is 20.8 Å². The van der Waals surface area contributed by atoms with Crippen LogP contribution in [0.2, 0.25) is 0 Å². The van der Waals surface area contributed by atoms with Gasteiger partial charge in [0.15, 0.2) is 0 Å². The van der Waals surface area contributed by atoms with Crippen LogP contribution in [0.5, 0.6) is 0 Å². The summed E-state index contributed by atoms with van der Waals surface area (Å²) < 4.78 is 22.0. The first-order chi connectivity index (χ1) is 5.46. The lowest BCUT2D eigenvalue weighted by Crippen LogP contribution is -1.98. The van der Waals surface area contributed by atoms with Crippen molar-refractivity contribution in [2.45, 2.75) is 54.4 Å². The summed E-state index contributed by atoms with van der Waals surface area (Å²) in [6.07, 6.45) is 0. The van der Waals surface area contributed by atoms with Gasteiger partial charge in [0.25, 0.3) is 0 Å². The van der Waals surface area contributed by atoms with Gasteiger partial charge in [0.1, 0.15) is 5.78 Å². The molecule has 0 heterocycles. The predicted molar refractivity (Wildman–Crippen MR) is 53.2 cm³/mol. The van der Waals surface area contributed by atoms with Gasteiger partial charge in [-0.25, -0.2) is 8.78 Å². The van der Waals surface area contributed by atoms with Gasteiger partial charge in [-0.2, -0.15) is 0 Å². The van der Waals surface area contributed by atoms with Crippen LogP contribution in [0.1, 0.15) is 48.5 Å². The highest BCUT2D eigenvalue weighted by Gasteiger charge is 2.08. The Hall–Kier alpha value is -0.470. The van der Waals surface area contributed by atoms with Crippen LogP contribution < -0.4 is 0 Å². The molecule has 1 nitrogen and oxygen atoms in total. The molecule has 0 aromatic rings. The Morgan fingerprint density at radius 3 is 1.08 bits per heavy atom. The summed E-state index contributed by atoms with van der Waals surface area (Å²) in [6, 6.07) is 0. The van der Waals surface area contributed by atoms with E-state index in [2.05, 4.69) is 20.8 Å². The highest BCUT2D eigenvalue weighted by molar-refractivity contribution is 5.72. The number of ketones is 1. The fourth-order valence-electron chi connectivity index (χ4n) is 0. The molecule has 13 heavy (non-hydrogen) atoms. The molecule has 0 atom stereocenters. The number of hydrogen-bond donors (Lipinski definition) is 0. The zero-order valence-electron chi connectivity index (χ0n) is 9.74. The molecule has 0 aromatic heterocycles. The zero-order chi connectivity index (χ0) is 11.7. The van der Waals surface area contributed by atoms with Crippen molar-refractivity contribution >= 4 is 5.78 Å². The number of carbonyl (C=O) groups is 1. The average molecular weight is 196 g/mol. The minimum absolute atomic E-state index is 0.167. The SMILES string of the molecule is CC(C)(F)F.CC(C)=O.CC(C)C. The molecule has 0 saturated carbocycles. The monoisotopic (exact) mass is 196 g/mol. The topological polar surface area (TPSA) is 17.1 Å². The lowest BCUT2D eigenvalue weighted by Gasteiger charge is -1.94. The molecule has 0 unspecified atom stereocenters. The summed E-state index contributed by atoms with van der Waals surface area (Å²) in [4.78, 5) is 9.44. The molecule has 3 heteroatoms. The Bertz CT molecular complexity index is 102. The Morgan fingerprint density at radius 1 is 1.08 bits per heavy atom. The Labute approximate surface area is 80.5 Å². The summed E-state index contributed by atoms with van der Waals surface area (Å²) in [5.74, 6) is -1.50. The quantitative estimate of drug-likeness (QED) is 0.574. The first-order valence-electron chi connectivity index (χ1n) is 4.31. The Morgan fingerprint density at radius 2 is 1.08 bits per heavy atom. The van der Waals surface area contributed by atoms with Crippen LogP contribution in [0.25, 0.3) is 0 Å². The van der Waals surface area contributed by atoms with Crippen molar-refractivity contribution in [1.29, 1.82) is 0 Å². The van der Waals surface area contributed by atoms with Crippen LogP contribution in [-0.2, 0) is 4.79 Å². The first kappa shape index (κ1) is 18.3. The van der Waals surface area contributed by atoms with Gasteiger partial charge in [-0.3, -0.25) is 0 Å². The van der Waals surface area contributed by atoms with E-state index in [1.807, 2.05) is 0 Å². The largest absolute Gasteiger partial charge is 0.300 e. The zero-order valence-corrected chi connectivity index (χ0v) is 9.74. The highest BCUT2D eigenvalue weighted by atomic mass is 19.3. The summed E-state index contributed by atoms with van der Waals surface area (Å²) in [6.45, 7) is 11.3. The van der Waals surface area contributed by atoms with E-state index in [9.17, 15) is 13.6 Å². The summed E-state index contributed by atoms with van der Waals surface area (Å²) in [5, 5.41) is 0. The second-order valence-electron chi connectivity index (χ2n) is 3.97. The minimum atomic E-state index is -2.50. The molecule has 0 fully saturated rings. The van der Waals surface area contributed by atoms with Crippen molar-refractivity contribution in [3.8, 4) is 0 Å². The van der Waals surface area contributed by atoms with Gasteiger partial charge in [0.2, 0.25) is 5.92 Å². The number of hydrogen-bond acceptors (Lipinski definition) is 1. The number of rotatable bonds is 0. The molecule has 0 radical (unpaired) electrons. The Balaban J connectivity index is -0.000000117. The molecule has 0 amide bonds. The maximum Gasteiger partial charge on any atom is 0.242 e. The second kappa shape index (κ2) is 9.62. The van der Waals surface area contributed by atoms with Gasteiger partial charge in [0, 0.05) is 0 Å². The highest BCUT2D eigenvalue weighted by Crippen LogP contribution is 2.06. The van der Waals surface area contributed by atoms with E-state index in [1.165, 1.54) is 13.8 Å². The van der Waals surface area contributed by atoms with Crippen LogP contribution >= 0.6 is 0 Å². The fraction of sp³-hybridized carbons (Fsp3) is 0.900. The summed E-state index contributed by atoms with van der Waals surface area (Å²) in [7, 11) is 0. The van der Waals surface area contributed by atoms with E-state index in [0.29, 0.717) is 0 Å². The summed E-state index contributed by atoms with van der Waals surface area (Å²) in [5.41, 5.74) is 0. The van der Waals surface area contributed by atoms with E-state index >= 15 is 0 Å². The third-order valence-corrected chi connectivity index (χ3v) is 0. The molecule has 0 aliphatic carbocycles. The lowest BCUT2D eigenvalue weighted by molar-refractivity contribution is -0.114. The third kappa shape index (κ3) is 4740. The van der Waals surface area contributed by atoms with Crippen molar-refractivity contribution in [3.05, 3.63) is 0 Å². The summed E-state index contributed by atoms with van der Waals surface area (Å²) >= 11 is 0. The molecule has 0 rings (SSSR count). The maximum absolute atomic E-state index is 11.0. The molecule has 82 valence electrons. The van der Waals surface area contributed by atoms with Crippen molar-refractivity contribution < 1.29 is 13.6 Å². The van der Waals surface area contributed by atoms with E-state index in [1.54, 1.807) is 0 Å². The standard InChI is InChI=1S/C4H10.C3H6F2.C3H6O/c1-4(2)3;1-3(2,4)5;1-3(2)4/h4H,1-3H3;1-2H3;1-2H3. The number of carbonyl (C=O) groups excluding carboxylic acids is 1. The first-order valence-corrected chi connectivity index (χ1v) is 4.31. The van der Waals surface area contributed by atoms with Gasteiger partial charge in [-0.05, 0) is 33.6 Å². The minimum Gasteiger partial charge on any atom is -0.300 e. The number of alkyl halides is 2. The number of halogens is 2. The van der Waals surface area contributed by atoms with Gasteiger partial charge in [0.05, 0.1) is 0 Å². The molecule has 0 bridgehead atoms. The smallest absolute Gasteiger partial charge is 0.242 e. The third-order valence-electron chi connectivity index (χ3n) is 0. The Kier molecular flexibility index (Phi) is 13.6. The molecule has 0 spiro atoms. The normalized spacial score (nSPS) is 9.38. The predicted octanol–water partition coefficient (Wildman–Crippen LogP) is 3.92. The van der Waals surface area contributed by atoms with Crippen LogP contribution in [0.3, 0.4) is 0 Å². The van der Waals surface area contributed by atoms with Crippen LogP contribution in [0.4, 0.5) is 8.78 Å². The van der Waals surface area contributed by atoms with E-state index < -0.39 is 5.92 Å². The molecule has 0 N–H and O–H groups in total. The van der Waals surface area contributed by atoms with Crippen LogP contribution in [-0.4, -0.2) is 11.7 Å². The van der Waals surface area contributed by atoms with Crippen LogP contribution in [0, 0.1) is 5.92 Å². The molecule has 0 aromatic carbocycles. The van der Waals surface area contributed by atoms with Gasteiger partial charge >= 0.3 is 0 Å². The van der Waals surface area contributed by atoms with Gasteiger partial charge < -0.3 is 4.79 Å². The van der Waals surface area contributed by atoms with Gasteiger partial charge in [-0.15, -0.1) is 0 Å². The van der Waals surface area contributed by atoms with Crippen molar-refractivity contribution in [1.82, 2.24) is 0 Å². The van der Waals surface area contributed by atoms with E-state index in [0.717, 1.165) is 19.8 Å². The molecule has 0 aliphatic heterocycles. The van der Waals surface area contributed by atoms with E-state index in [-0.39, 0.29) is 5.78 Å². The number of Topliss-reactive ketones (excluding diaryl/α,β-unsaturated/α-hetero) is 1. The lowest BCUT2D eigenvalue weighted by atomic mass is 10.3. The van der Waals surface area contributed by atoms with Crippen molar-refractivity contribution in [2.75, 3.05) is 0 Å². The van der Waals surface area contributed by atoms with Crippen LogP contribution in [0.15, 0.2) is 0 Å². The maximum atomic E-state index is 11.0. The molecule has 0 saturated heterocycles. The second-order valence-corrected chi connectivity index (χ2v) is 3.97. The van der Waals surface area contributed by atoms with E-state index in [4.69, 9.17) is 0 Å². The van der Waals surface area contributed by atoms with Crippen molar-refractivity contribution in [2.24, 2.45) is 5.92 Å².